The van der Waals surface area contributed by atoms with Gasteiger partial charge in [0.1, 0.15) is 40.4 Å². The lowest BCUT2D eigenvalue weighted by molar-refractivity contribution is 0.453. The Labute approximate surface area is 307 Å². The molecule has 0 heterocycles. The van der Waals surface area contributed by atoms with E-state index in [1.165, 1.54) is 6.07 Å². The number of phenols is 1. The fourth-order valence-electron chi connectivity index (χ4n) is 2.91. The molecule has 0 saturated carbocycles. The molecule has 0 aliphatic rings. The van der Waals surface area contributed by atoms with Gasteiger partial charge in [0.05, 0.1) is 31.3 Å². The van der Waals surface area contributed by atoms with Crippen LogP contribution < -0.4 is 9.47 Å². The number of halogens is 9. The third-order valence-electron chi connectivity index (χ3n) is 4.92. The molecule has 0 aromatic heterocycles. The summed E-state index contributed by atoms with van der Waals surface area (Å²) in [6.07, 6.45) is 0. The van der Waals surface area contributed by atoms with Crippen LogP contribution in [0.15, 0.2) is 128 Å². The van der Waals surface area contributed by atoms with Gasteiger partial charge in [-0.3, -0.25) is 0 Å². The SMILES string of the molecule is Brc1ccccc1Oc1cc(Oc2ccccc2Br)c(Br)cc1Br.C.Fc1cc(F)c(Br)cc1Br.Oc1ccccc1Br. The molecule has 0 radical (unpaired) electrons. The lowest BCUT2D eigenvalue weighted by Crippen LogP contribution is -1.91. The molecule has 1 N–H and O–H groups in total. The molecule has 5 aromatic carbocycles. The Morgan fingerprint density at radius 3 is 1.14 bits per heavy atom. The first-order valence-corrected chi connectivity index (χ1v) is 17.1. The molecule has 0 spiro atoms. The van der Waals surface area contributed by atoms with E-state index in [1.54, 1.807) is 18.2 Å². The minimum atomic E-state index is -0.597. The van der Waals surface area contributed by atoms with E-state index in [1.807, 2.05) is 66.7 Å². The zero-order valence-electron chi connectivity index (χ0n) is 20.9. The van der Waals surface area contributed by atoms with Gasteiger partial charge in [-0.1, -0.05) is 43.8 Å². The quantitative estimate of drug-likeness (QED) is 0.182. The van der Waals surface area contributed by atoms with Gasteiger partial charge in [0.25, 0.3) is 0 Å². The van der Waals surface area contributed by atoms with Crippen LogP contribution in [0.4, 0.5) is 8.78 Å². The van der Waals surface area contributed by atoms with Gasteiger partial charge in [-0.15, -0.1) is 0 Å². The average molecular weight is 1040 g/mol. The molecule has 0 bridgehead atoms. The minimum absolute atomic E-state index is 0. The maximum atomic E-state index is 12.5. The van der Waals surface area contributed by atoms with Gasteiger partial charge in [0.2, 0.25) is 0 Å². The molecule has 0 aliphatic carbocycles. The minimum Gasteiger partial charge on any atom is -0.507 e. The lowest BCUT2D eigenvalue weighted by Gasteiger charge is -2.14. The van der Waals surface area contributed by atoms with Crippen molar-refractivity contribution in [3.05, 3.63) is 140 Å². The smallest absolute Gasteiger partial charge is 0.145 e. The normalized spacial score (nSPS) is 9.88. The van der Waals surface area contributed by atoms with Crippen molar-refractivity contribution in [2.45, 2.75) is 7.43 Å². The molecule has 0 fully saturated rings. The van der Waals surface area contributed by atoms with Gasteiger partial charge in [-0.05, 0) is 160 Å². The molecule has 0 amide bonds. The monoisotopic (exact) mass is 1030 g/mol. The highest BCUT2D eigenvalue weighted by Crippen LogP contribution is 2.42. The van der Waals surface area contributed by atoms with Crippen molar-refractivity contribution in [3.63, 3.8) is 0 Å². The highest BCUT2D eigenvalue weighted by Gasteiger charge is 2.13. The summed E-state index contributed by atoms with van der Waals surface area (Å²) in [5, 5.41) is 8.87. The number of ether oxygens (including phenoxy) is 2. The first-order chi connectivity index (χ1) is 20.0. The maximum Gasteiger partial charge on any atom is 0.145 e. The molecule has 0 aliphatic heterocycles. The first kappa shape index (κ1) is 37.9. The van der Waals surface area contributed by atoms with Crippen LogP contribution in [0.2, 0.25) is 0 Å². The highest BCUT2D eigenvalue weighted by atomic mass is 79.9. The maximum absolute atomic E-state index is 12.5. The molecule has 0 saturated heterocycles. The van der Waals surface area contributed by atoms with Crippen LogP contribution in [-0.4, -0.2) is 5.11 Å². The summed E-state index contributed by atoms with van der Waals surface area (Å²) in [6.45, 7) is 0. The predicted molar refractivity (Wildman–Crippen MR) is 195 cm³/mol. The Balaban J connectivity index is 0.000000279. The number of phenolic OH excluding ortho intramolecular Hbond substituents is 1. The number of para-hydroxylation sites is 3. The van der Waals surface area contributed by atoms with Crippen LogP contribution >= 0.6 is 112 Å². The molecular formula is C31H21Br7F2O3. The zero-order chi connectivity index (χ0) is 30.8. The first-order valence-electron chi connectivity index (χ1n) is 11.5. The van der Waals surface area contributed by atoms with Crippen molar-refractivity contribution in [1.82, 2.24) is 0 Å². The zero-order valence-corrected chi connectivity index (χ0v) is 32.0. The summed E-state index contributed by atoms with van der Waals surface area (Å²) in [6, 6.07) is 28.3. The van der Waals surface area contributed by atoms with Crippen molar-refractivity contribution in [1.29, 1.82) is 0 Å². The van der Waals surface area contributed by atoms with Gasteiger partial charge in [0.15, 0.2) is 0 Å². The molecule has 5 aromatic rings. The lowest BCUT2D eigenvalue weighted by atomic mass is 10.3. The third-order valence-corrected chi connectivity index (χ3v) is 9.35. The van der Waals surface area contributed by atoms with E-state index < -0.39 is 11.6 Å². The van der Waals surface area contributed by atoms with E-state index in [2.05, 4.69) is 112 Å². The molecular weight excluding hydrogens is 1020 g/mol. The Kier molecular flexibility index (Phi) is 16.4. The summed E-state index contributed by atoms with van der Waals surface area (Å²) in [5.74, 6) is 1.87. The number of hydrogen-bond acceptors (Lipinski definition) is 3. The van der Waals surface area contributed by atoms with Crippen LogP contribution in [0.25, 0.3) is 0 Å². The molecule has 0 atom stereocenters. The Bertz CT molecular complexity index is 1530. The molecule has 43 heavy (non-hydrogen) atoms. The summed E-state index contributed by atoms with van der Waals surface area (Å²) in [7, 11) is 0. The van der Waals surface area contributed by atoms with Crippen LogP contribution in [0, 0.1) is 11.6 Å². The molecule has 226 valence electrons. The fourth-order valence-corrected chi connectivity index (χ4v) is 6.07. The van der Waals surface area contributed by atoms with Gasteiger partial charge in [0, 0.05) is 12.1 Å². The number of hydrogen-bond donors (Lipinski definition) is 1. The highest BCUT2D eigenvalue weighted by molar-refractivity contribution is 9.11. The largest absolute Gasteiger partial charge is 0.507 e. The van der Waals surface area contributed by atoms with E-state index in [-0.39, 0.29) is 22.1 Å². The van der Waals surface area contributed by atoms with E-state index in [4.69, 9.17) is 14.6 Å². The van der Waals surface area contributed by atoms with Crippen LogP contribution in [0.5, 0.6) is 28.7 Å². The van der Waals surface area contributed by atoms with Crippen molar-refractivity contribution in [2.75, 3.05) is 0 Å². The second-order valence-electron chi connectivity index (χ2n) is 7.91. The van der Waals surface area contributed by atoms with Gasteiger partial charge in [-0.2, -0.15) is 0 Å². The standard InChI is InChI=1S/C18H10Br4O2.C6H2Br2F2.C6H5BrO.CH4/c19-11-5-1-3-7-15(11)23-17-10-18(14(22)9-13(17)21)24-16-8-4-2-6-12(16)20;7-3-1-4(8)6(10)2-5(3)9;7-5-3-1-2-4-6(5)8;/h1-10H;1-2H;1-4,8H;1H4. The molecule has 12 heteroatoms. The Morgan fingerprint density at radius 2 is 0.791 bits per heavy atom. The second kappa shape index (κ2) is 18.6. The third kappa shape index (κ3) is 11.9. The van der Waals surface area contributed by atoms with E-state index in [0.717, 1.165) is 39.9 Å². The van der Waals surface area contributed by atoms with Crippen molar-refractivity contribution in [2.24, 2.45) is 0 Å². The molecule has 5 rings (SSSR count). The summed E-state index contributed by atoms with van der Waals surface area (Å²) < 4.78 is 41.5. The van der Waals surface area contributed by atoms with Crippen molar-refractivity contribution in [3.8, 4) is 28.7 Å². The predicted octanol–water partition coefficient (Wildman–Crippen LogP) is 14.6. The van der Waals surface area contributed by atoms with Crippen LogP contribution in [-0.2, 0) is 0 Å². The summed E-state index contributed by atoms with van der Waals surface area (Å²) >= 11 is 23.0. The second-order valence-corrected chi connectivity index (χ2v) is 13.9. The Hall–Kier alpha value is -1.28. The van der Waals surface area contributed by atoms with Gasteiger partial charge >= 0.3 is 0 Å². The van der Waals surface area contributed by atoms with Gasteiger partial charge in [-0.25, -0.2) is 8.78 Å². The molecule has 3 nitrogen and oxygen atoms in total. The van der Waals surface area contributed by atoms with E-state index >= 15 is 0 Å². The average Bonchev–Trinajstić information content (AvgIpc) is 2.95. The van der Waals surface area contributed by atoms with E-state index in [9.17, 15) is 8.78 Å². The molecule has 0 unspecified atom stereocenters. The summed E-state index contributed by atoms with van der Waals surface area (Å²) in [4.78, 5) is 0. The summed E-state index contributed by atoms with van der Waals surface area (Å²) in [5.41, 5.74) is 0. The Morgan fingerprint density at radius 1 is 0.419 bits per heavy atom. The number of rotatable bonds is 4. The van der Waals surface area contributed by atoms with Crippen LogP contribution in [0.3, 0.4) is 0 Å². The topological polar surface area (TPSA) is 38.7 Å². The fraction of sp³-hybridized carbons (Fsp3) is 0.0323. The van der Waals surface area contributed by atoms with Crippen LogP contribution in [0.1, 0.15) is 7.43 Å². The number of aromatic hydroxyl groups is 1. The van der Waals surface area contributed by atoms with Crippen molar-refractivity contribution < 1.29 is 23.4 Å². The van der Waals surface area contributed by atoms with Gasteiger partial charge < -0.3 is 14.6 Å². The van der Waals surface area contributed by atoms with E-state index in [0.29, 0.717) is 11.5 Å². The van der Waals surface area contributed by atoms with Crippen molar-refractivity contribution >= 4 is 112 Å². The number of benzene rings is 5.